The molecule has 0 radical (unpaired) electrons. The number of ether oxygens (including phenoxy) is 2. The molecular weight excluding hydrogens is 620 g/mol. The largest absolute Gasteiger partial charge is 0.489 e. The molecule has 1 saturated carbocycles. The zero-order valence-electron chi connectivity index (χ0n) is 23.5. The Morgan fingerprint density at radius 3 is 2.53 bits per heavy atom. The number of nitrogens with zero attached hydrogens (tertiary/aromatic N) is 2. The number of pyridine rings is 2. The van der Waals surface area contributed by atoms with Crippen LogP contribution in [0, 0.1) is 5.82 Å². The van der Waals surface area contributed by atoms with Gasteiger partial charge in [0.05, 0.1) is 23.4 Å². The highest BCUT2D eigenvalue weighted by molar-refractivity contribution is 6.31. The van der Waals surface area contributed by atoms with E-state index in [9.17, 15) is 32.3 Å². The molecule has 2 atom stereocenters. The van der Waals surface area contributed by atoms with E-state index < -0.39 is 47.1 Å². The van der Waals surface area contributed by atoms with Crippen LogP contribution in [0.4, 0.5) is 17.6 Å². The maximum atomic E-state index is 14.7. The summed E-state index contributed by atoms with van der Waals surface area (Å²) in [5.74, 6) is -2.22. The molecule has 9 nitrogen and oxygen atoms in total. The van der Waals surface area contributed by atoms with E-state index in [2.05, 4.69) is 15.3 Å². The number of nitrogens with one attached hydrogen (secondary N) is 1. The standard InChI is InChI=1S/C31H25ClF4N4O5/c1-29(28(37)42)14-44-26-21(29)11-23(40-25(26)15-2-4-19(33)5-3-15)30(43,31(34,35)36)13-39-27(41)17-8-16-9-18(32)12-38-24(16)22(10-17)45-20-6-7-20/h2-5,8-12,20,43H,6-7,13-14H2,1H3,(H2,37,42)(H,39,41)/t29-,30?/m0/s1. The molecule has 3 heterocycles. The maximum absolute atomic E-state index is 14.7. The fourth-order valence-corrected chi connectivity index (χ4v) is 5.19. The van der Waals surface area contributed by atoms with Gasteiger partial charge in [-0.15, -0.1) is 0 Å². The van der Waals surface area contributed by atoms with Crippen LogP contribution in [0.25, 0.3) is 22.2 Å². The first kappa shape index (κ1) is 30.5. The number of hydrogen-bond donors (Lipinski definition) is 3. The van der Waals surface area contributed by atoms with E-state index >= 15 is 0 Å². The molecule has 0 bridgehead atoms. The van der Waals surface area contributed by atoms with Gasteiger partial charge in [0.1, 0.15) is 40.5 Å². The van der Waals surface area contributed by atoms with Crippen molar-refractivity contribution in [2.24, 2.45) is 5.73 Å². The van der Waals surface area contributed by atoms with Gasteiger partial charge in [0, 0.05) is 28.3 Å². The topological polar surface area (TPSA) is 137 Å². The lowest BCUT2D eigenvalue weighted by atomic mass is 9.81. The molecule has 234 valence electrons. The summed E-state index contributed by atoms with van der Waals surface area (Å²) in [6.07, 6.45) is -2.43. The van der Waals surface area contributed by atoms with Crippen LogP contribution in [-0.4, -0.2) is 52.3 Å². The summed E-state index contributed by atoms with van der Waals surface area (Å²) in [6.45, 7) is -0.275. The Morgan fingerprint density at radius 1 is 1.18 bits per heavy atom. The van der Waals surface area contributed by atoms with Gasteiger partial charge in [-0.2, -0.15) is 13.2 Å². The van der Waals surface area contributed by atoms with Gasteiger partial charge in [-0.05, 0) is 68.3 Å². The third-order valence-electron chi connectivity index (χ3n) is 7.93. The number of hydrogen-bond acceptors (Lipinski definition) is 7. The molecule has 6 rings (SSSR count). The van der Waals surface area contributed by atoms with Gasteiger partial charge in [0.25, 0.3) is 5.91 Å². The Balaban J connectivity index is 1.40. The third kappa shape index (κ3) is 5.50. The molecule has 4 aromatic rings. The molecule has 2 aliphatic rings. The van der Waals surface area contributed by atoms with Crippen molar-refractivity contribution in [2.45, 2.75) is 43.1 Å². The number of halogens is 5. The van der Waals surface area contributed by atoms with E-state index in [1.54, 1.807) is 0 Å². The molecule has 1 aliphatic heterocycles. The number of amides is 2. The number of primary amides is 1. The summed E-state index contributed by atoms with van der Waals surface area (Å²) >= 11 is 6.08. The van der Waals surface area contributed by atoms with E-state index in [0.717, 1.165) is 31.0 Å². The summed E-state index contributed by atoms with van der Waals surface area (Å²) in [6, 6.07) is 9.86. The number of carbonyl (C=O) groups is 2. The van der Waals surface area contributed by atoms with Crippen LogP contribution in [0.1, 0.15) is 41.4 Å². The predicted molar refractivity (Wildman–Crippen MR) is 154 cm³/mol. The number of alkyl halides is 3. The van der Waals surface area contributed by atoms with Crippen molar-refractivity contribution < 1.29 is 41.7 Å². The Morgan fingerprint density at radius 2 is 1.89 bits per heavy atom. The molecule has 0 spiro atoms. The van der Waals surface area contributed by atoms with Gasteiger partial charge in [-0.1, -0.05) is 11.6 Å². The zero-order chi connectivity index (χ0) is 32.3. The number of aliphatic hydroxyl groups is 1. The van der Waals surface area contributed by atoms with Crippen molar-refractivity contribution in [3.05, 3.63) is 82.4 Å². The molecule has 0 saturated heterocycles. The number of aromatic nitrogens is 2. The first-order valence-corrected chi connectivity index (χ1v) is 14.2. The van der Waals surface area contributed by atoms with Crippen molar-refractivity contribution in [2.75, 3.05) is 13.2 Å². The van der Waals surface area contributed by atoms with Gasteiger partial charge in [0.2, 0.25) is 11.5 Å². The minimum absolute atomic E-state index is 0.0353. The van der Waals surface area contributed by atoms with Crippen LogP contribution in [0.5, 0.6) is 11.5 Å². The highest BCUT2D eigenvalue weighted by Crippen LogP contribution is 2.47. The lowest BCUT2D eigenvalue weighted by molar-refractivity contribution is -0.265. The maximum Gasteiger partial charge on any atom is 0.424 e. The van der Waals surface area contributed by atoms with Crippen molar-refractivity contribution in [1.82, 2.24) is 15.3 Å². The summed E-state index contributed by atoms with van der Waals surface area (Å²) < 4.78 is 69.5. The second-order valence-corrected chi connectivity index (χ2v) is 11.7. The van der Waals surface area contributed by atoms with Crippen LogP contribution >= 0.6 is 11.6 Å². The summed E-state index contributed by atoms with van der Waals surface area (Å²) in [5.41, 5.74) is -0.356. The molecule has 2 amide bonds. The predicted octanol–water partition coefficient (Wildman–Crippen LogP) is 4.95. The summed E-state index contributed by atoms with van der Waals surface area (Å²) in [7, 11) is 0. The first-order chi connectivity index (χ1) is 21.2. The lowest BCUT2D eigenvalue weighted by Gasteiger charge is -2.31. The highest BCUT2D eigenvalue weighted by atomic mass is 35.5. The Hall–Kier alpha value is -4.49. The van der Waals surface area contributed by atoms with E-state index in [0.29, 0.717) is 10.9 Å². The molecule has 14 heteroatoms. The monoisotopic (exact) mass is 644 g/mol. The van der Waals surface area contributed by atoms with E-state index in [1.165, 1.54) is 43.5 Å². The van der Waals surface area contributed by atoms with Gasteiger partial charge in [0.15, 0.2) is 0 Å². The lowest BCUT2D eigenvalue weighted by Crippen LogP contribution is -2.51. The molecule has 1 aliphatic carbocycles. The second kappa shape index (κ2) is 10.8. The summed E-state index contributed by atoms with van der Waals surface area (Å²) in [4.78, 5) is 34.1. The fourth-order valence-electron chi connectivity index (χ4n) is 5.02. The number of carbonyl (C=O) groups excluding carboxylic acids is 2. The minimum Gasteiger partial charge on any atom is -0.489 e. The van der Waals surface area contributed by atoms with E-state index in [-0.39, 0.29) is 51.6 Å². The third-order valence-corrected chi connectivity index (χ3v) is 8.13. The van der Waals surface area contributed by atoms with Crippen molar-refractivity contribution in [1.29, 1.82) is 0 Å². The van der Waals surface area contributed by atoms with Gasteiger partial charge < -0.3 is 25.6 Å². The normalized spacial score (nSPS) is 19.0. The number of rotatable bonds is 8. The van der Waals surface area contributed by atoms with Crippen molar-refractivity contribution in [3.8, 4) is 22.8 Å². The number of nitrogens with two attached hydrogens (primary N) is 1. The molecule has 2 aromatic carbocycles. The molecule has 45 heavy (non-hydrogen) atoms. The zero-order valence-corrected chi connectivity index (χ0v) is 24.3. The van der Waals surface area contributed by atoms with Crippen molar-refractivity contribution >= 4 is 34.3 Å². The molecule has 4 N–H and O–H groups in total. The molecular formula is C31H25ClF4N4O5. The number of benzene rings is 2. The Kier molecular flexibility index (Phi) is 7.36. The highest BCUT2D eigenvalue weighted by Gasteiger charge is 2.57. The first-order valence-electron chi connectivity index (χ1n) is 13.8. The van der Waals surface area contributed by atoms with Gasteiger partial charge in [-0.3, -0.25) is 14.6 Å². The van der Waals surface area contributed by atoms with E-state index in [4.69, 9.17) is 26.8 Å². The Bertz CT molecular complexity index is 1850. The SMILES string of the molecule is C[C@]1(C(N)=O)COc2c1cc(C(O)(CNC(=O)c1cc(OC3CC3)c3ncc(Cl)cc3c1)C(F)(F)F)nc2-c1ccc(F)cc1. The van der Waals surface area contributed by atoms with E-state index in [1.807, 2.05) is 0 Å². The van der Waals surface area contributed by atoms with Gasteiger partial charge in [-0.25, -0.2) is 9.37 Å². The quantitative estimate of drug-likeness (QED) is 0.231. The minimum atomic E-state index is -5.37. The molecule has 2 aromatic heterocycles. The fraction of sp³-hybridized carbons (Fsp3) is 0.290. The van der Waals surface area contributed by atoms with Crippen LogP contribution in [0.2, 0.25) is 5.02 Å². The summed E-state index contributed by atoms with van der Waals surface area (Å²) in [5, 5.41) is 14.2. The molecule has 1 unspecified atom stereocenters. The van der Waals surface area contributed by atoms with Gasteiger partial charge >= 0.3 is 6.18 Å². The van der Waals surface area contributed by atoms with Crippen LogP contribution in [0.15, 0.2) is 54.7 Å². The van der Waals surface area contributed by atoms with Crippen LogP contribution < -0.4 is 20.5 Å². The second-order valence-electron chi connectivity index (χ2n) is 11.3. The van der Waals surface area contributed by atoms with Crippen LogP contribution in [-0.2, 0) is 15.8 Å². The number of fused-ring (bicyclic) bond motifs is 2. The Labute approximate surface area is 258 Å². The smallest absolute Gasteiger partial charge is 0.424 e. The molecule has 1 fully saturated rings. The average Bonchev–Trinajstić information content (AvgIpc) is 3.74. The average molecular weight is 645 g/mol. The van der Waals surface area contributed by atoms with Crippen molar-refractivity contribution in [3.63, 3.8) is 0 Å². The van der Waals surface area contributed by atoms with Crippen LogP contribution in [0.3, 0.4) is 0 Å².